The molecule has 0 saturated carbocycles. The summed E-state index contributed by atoms with van der Waals surface area (Å²) in [5.74, 6) is -1.29. The molecule has 0 aliphatic carbocycles. The van der Waals surface area contributed by atoms with Crippen LogP contribution >= 0.6 is 24.2 Å². The fourth-order valence-electron chi connectivity index (χ4n) is 0.716. The molecule has 0 fully saturated rings. The molecular weight excluding hydrogens is 208 g/mol. The predicted octanol–water partition coefficient (Wildman–Crippen LogP) is 0.764. The SMILES string of the molecule is Cl.NC(N)(O)CSc1ccccc1. The van der Waals surface area contributed by atoms with Gasteiger partial charge in [0, 0.05) is 4.90 Å². The van der Waals surface area contributed by atoms with Gasteiger partial charge in [0.1, 0.15) is 0 Å². The molecule has 1 rings (SSSR count). The lowest BCUT2D eigenvalue weighted by Crippen LogP contribution is -2.51. The van der Waals surface area contributed by atoms with Gasteiger partial charge in [-0.25, -0.2) is 0 Å². The first kappa shape index (κ1) is 12.7. The minimum absolute atomic E-state index is 0. The molecule has 0 amide bonds. The number of thioether (sulfide) groups is 1. The van der Waals surface area contributed by atoms with E-state index in [0.29, 0.717) is 0 Å². The lowest BCUT2D eigenvalue weighted by Gasteiger charge is -2.15. The van der Waals surface area contributed by atoms with E-state index in [4.69, 9.17) is 16.6 Å². The minimum Gasteiger partial charge on any atom is -0.363 e. The average molecular weight is 221 g/mol. The van der Waals surface area contributed by atoms with E-state index in [0.717, 1.165) is 4.90 Å². The Morgan fingerprint density at radius 1 is 1.23 bits per heavy atom. The fourth-order valence-corrected chi connectivity index (χ4v) is 1.46. The molecule has 5 N–H and O–H groups in total. The van der Waals surface area contributed by atoms with Crippen molar-refractivity contribution in [3.8, 4) is 0 Å². The maximum absolute atomic E-state index is 9.01. The highest BCUT2D eigenvalue weighted by Crippen LogP contribution is 2.18. The zero-order valence-electron chi connectivity index (χ0n) is 7.01. The number of rotatable bonds is 3. The Labute approximate surface area is 87.9 Å². The smallest absolute Gasteiger partial charge is 0.176 e. The minimum atomic E-state index is -1.58. The molecule has 0 aliphatic rings. The number of hydrogen-bond acceptors (Lipinski definition) is 4. The average Bonchev–Trinajstić information content (AvgIpc) is 2.02. The largest absolute Gasteiger partial charge is 0.363 e. The third-order valence-corrected chi connectivity index (χ3v) is 2.43. The molecular formula is C8H13ClN2OS. The first-order valence-electron chi connectivity index (χ1n) is 3.56. The van der Waals surface area contributed by atoms with E-state index in [2.05, 4.69) is 0 Å². The standard InChI is InChI=1S/C8H12N2OS.ClH/c9-8(10,11)6-12-7-4-2-1-3-5-7;/h1-5,11H,6,9-10H2;1H. The molecule has 0 heterocycles. The van der Waals surface area contributed by atoms with Gasteiger partial charge in [-0.3, -0.25) is 11.5 Å². The molecule has 0 radical (unpaired) electrons. The highest BCUT2D eigenvalue weighted by molar-refractivity contribution is 7.99. The van der Waals surface area contributed by atoms with E-state index in [9.17, 15) is 0 Å². The summed E-state index contributed by atoms with van der Waals surface area (Å²) in [6.45, 7) is 0. The van der Waals surface area contributed by atoms with Crippen LogP contribution in [0.25, 0.3) is 0 Å². The van der Waals surface area contributed by atoms with Gasteiger partial charge in [-0.05, 0) is 12.1 Å². The van der Waals surface area contributed by atoms with Crippen LogP contribution < -0.4 is 11.5 Å². The third kappa shape index (κ3) is 5.90. The molecule has 13 heavy (non-hydrogen) atoms. The van der Waals surface area contributed by atoms with Crippen molar-refractivity contribution < 1.29 is 5.11 Å². The summed E-state index contributed by atoms with van der Waals surface area (Å²) in [5.41, 5.74) is 10.4. The van der Waals surface area contributed by atoms with Crippen LogP contribution in [0.15, 0.2) is 35.2 Å². The molecule has 3 nitrogen and oxygen atoms in total. The van der Waals surface area contributed by atoms with E-state index in [1.54, 1.807) is 0 Å². The first-order valence-corrected chi connectivity index (χ1v) is 4.54. The molecule has 0 atom stereocenters. The molecule has 5 heteroatoms. The summed E-state index contributed by atoms with van der Waals surface area (Å²) >= 11 is 1.43. The van der Waals surface area contributed by atoms with E-state index < -0.39 is 5.85 Å². The van der Waals surface area contributed by atoms with Crippen LogP contribution in [0.4, 0.5) is 0 Å². The van der Waals surface area contributed by atoms with E-state index in [1.165, 1.54) is 11.8 Å². The Hall–Kier alpha value is -0.260. The summed E-state index contributed by atoms with van der Waals surface area (Å²) in [6.07, 6.45) is 0. The third-order valence-electron chi connectivity index (χ3n) is 1.21. The van der Waals surface area contributed by atoms with Crippen LogP contribution in [0.3, 0.4) is 0 Å². The van der Waals surface area contributed by atoms with Crippen molar-refractivity contribution in [3.63, 3.8) is 0 Å². The quantitative estimate of drug-likeness (QED) is 0.520. The van der Waals surface area contributed by atoms with E-state index in [-0.39, 0.29) is 18.2 Å². The molecule has 0 aromatic heterocycles. The molecule has 0 spiro atoms. The molecule has 74 valence electrons. The van der Waals surface area contributed by atoms with Crippen molar-refractivity contribution in [2.45, 2.75) is 10.7 Å². The summed E-state index contributed by atoms with van der Waals surface area (Å²) in [4.78, 5) is 1.05. The van der Waals surface area contributed by atoms with Gasteiger partial charge in [-0.1, -0.05) is 18.2 Å². The lowest BCUT2D eigenvalue weighted by molar-refractivity contribution is 0.0798. The van der Waals surface area contributed by atoms with E-state index in [1.807, 2.05) is 30.3 Å². The topological polar surface area (TPSA) is 72.3 Å². The van der Waals surface area contributed by atoms with Crippen molar-refractivity contribution in [3.05, 3.63) is 30.3 Å². The van der Waals surface area contributed by atoms with Crippen LogP contribution in [-0.2, 0) is 0 Å². The second kappa shape index (κ2) is 5.47. The van der Waals surface area contributed by atoms with Gasteiger partial charge in [-0.15, -0.1) is 24.2 Å². The number of nitrogens with two attached hydrogens (primary N) is 2. The Morgan fingerprint density at radius 2 is 1.77 bits per heavy atom. The van der Waals surface area contributed by atoms with Crippen molar-refractivity contribution in [2.24, 2.45) is 11.5 Å². The van der Waals surface area contributed by atoms with E-state index >= 15 is 0 Å². The Morgan fingerprint density at radius 3 is 2.23 bits per heavy atom. The van der Waals surface area contributed by atoms with Crippen molar-refractivity contribution in [1.82, 2.24) is 0 Å². The summed E-state index contributed by atoms with van der Waals surface area (Å²) in [5, 5.41) is 9.01. The molecule has 1 aromatic carbocycles. The van der Waals surface area contributed by atoms with Crippen LogP contribution in [0.5, 0.6) is 0 Å². The fraction of sp³-hybridized carbons (Fsp3) is 0.250. The highest BCUT2D eigenvalue weighted by Gasteiger charge is 2.13. The van der Waals surface area contributed by atoms with Crippen molar-refractivity contribution in [2.75, 3.05) is 5.75 Å². The van der Waals surface area contributed by atoms with Gasteiger partial charge < -0.3 is 5.11 Å². The summed E-state index contributed by atoms with van der Waals surface area (Å²) < 4.78 is 0. The Balaban J connectivity index is 0.00000144. The zero-order chi connectivity index (χ0) is 9.03. The molecule has 0 aliphatic heterocycles. The second-order valence-corrected chi connectivity index (χ2v) is 3.64. The van der Waals surface area contributed by atoms with Crippen LogP contribution in [0.2, 0.25) is 0 Å². The van der Waals surface area contributed by atoms with Gasteiger partial charge in [0.15, 0.2) is 5.85 Å². The van der Waals surface area contributed by atoms with Gasteiger partial charge >= 0.3 is 0 Å². The van der Waals surface area contributed by atoms with Gasteiger partial charge in [-0.2, -0.15) is 0 Å². The first-order chi connectivity index (χ1) is 5.58. The number of hydrogen-bond donors (Lipinski definition) is 3. The Kier molecular flexibility index (Phi) is 5.36. The molecule has 0 unspecified atom stereocenters. The zero-order valence-corrected chi connectivity index (χ0v) is 8.65. The summed E-state index contributed by atoms with van der Waals surface area (Å²) in [7, 11) is 0. The van der Waals surface area contributed by atoms with Crippen LogP contribution in [-0.4, -0.2) is 16.7 Å². The van der Waals surface area contributed by atoms with Crippen molar-refractivity contribution >= 4 is 24.2 Å². The molecule has 0 saturated heterocycles. The highest BCUT2D eigenvalue weighted by atomic mass is 35.5. The number of aliphatic hydroxyl groups is 1. The molecule has 0 bridgehead atoms. The summed E-state index contributed by atoms with van der Waals surface area (Å²) in [6, 6.07) is 9.66. The second-order valence-electron chi connectivity index (χ2n) is 2.59. The Bertz CT molecular complexity index is 238. The van der Waals surface area contributed by atoms with Gasteiger partial charge in [0.2, 0.25) is 0 Å². The van der Waals surface area contributed by atoms with Crippen molar-refractivity contribution in [1.29, 1.82) is 0 Å². The monoisotopic (exact) mass is 220 g/mol. The predicted molar refractivity (Wildman–Crippen MR) is 57.7 cm³/mol. The number of benzene rings is 1. The lowest BCUT2D eigenvalue weighted by atomic mass is 10.4. The van der Waals surface area contributed by atoms with Crippen LogP contribution in [0, 0.1) is 0 Å². The maximum Gasteiger partial charge on any atom is 0.176 e. The maximum atomic E-state index is 9.01. The normalized spacial score (nSPS) is 10.7. The number of halogens is 1. The van der Waals surface area contributed by atoms with Gasteiger partial charge in [0.25, 0.3) is 0 Å². The molecule has 1 aromatic rings. The van der Waals surface area contributed by atoms with Gasteiger partial charge in [0.05, 0.1) is 5.75 Å². The van der Waals surface area contributed by atoms with Crippen LogP contribution in [0.1, 0.15) is 0 Å².